The Kier molecular flexibility index (Phi) is 3.74. The first kappa shape index (κ1) is 12.3. The number of nitrogens with one attached hydrogen (secondary N) is 2. The summed E-state index contributed by atoms with van der Waals surface area (Å²) < 4.78 is 0. The molecule has 2 aromatic rings. The highest BCUT2D eigenvalue weighted by atomic mass is 16.2. The number of carbonyl (C=O) groups excluding carboxylic acids is 1. The maximum Gasteiger partial charge on any atom is 0.242 e. The Bertz CT molecular complexity index is 521. The van der Waals surface area contributed by atoms with Crippen LogP contribution in [-0.2, 0) is 4.79 Å². The van der Waals surface area contributed by atoms with Gasteiger partial charge in [0.2, 0.25) is 5.91 Å². The molecule has 1 aromatic carbocycles. The molecule has 0 radical (unpaired) electrons. The summed E-state index contributed by atoms with van der Waals surface area (Å²) in [5.41, 5.74) is 7.51. The summed E-state index contributed by atoms with van der Waals surface area (Å²) in [7, 11) is 0. The van der Waals surface area contributed by atoms with Crippen LogP contribution in [-0.4, -0.2) is 22.1 Å². The van der Waals surface area contributed by atoms with Gasteiger partial charge in [0.1, 0.15) is 0 Å². The summed E-state index contributed by atoms with van der Waals surface area (Å²) >= 11 is 0. The molecule has 18 heavy (non-hydrogen) atoms. The molecule has 2 rings (SSSR count). The molecule has 5 nitrogen and oxygen atoms in total. The van der Waals surface area contributed by atoms with E-state index in [-0.39, 0.29) is 5.91 Å². The molecule has 1 atom stereocenters. The zero-order valence-corrected chi connectivity index (χ0v) is 10.2. The number of aromatic amines is 1. The van der Waals surface area contributed by atoms with Gasteiger partial charge in [0, 0.05) is 6.07 Å². The third-order valence-corrected chi connectivity index (χ3v) is 2.69. The van der Waals surface area contributed by atoms with Crippen LogP contribution < -0.4 is 11.1 Å². The summed E-state index contributed by atoms with van der Waals surface area (Å²) in [6.45, 7) is 1.87. The minimum atomic E-state index is -0.498. The van der Waals surface area contributed by atoms with Crippen molar-refractivity contribution in [3.63, 3.8) is 0 Å². The second-order valence-corrected chi connectivity index (χ2v) is 4.04. The average Bonchev–Trinajstić information content (AvgIpc) is 2.87. The molecular formula is C13H16N4O. The smallest absolute Gasteiger partial charge is 0.242 e. The Morgan fingerprint density at radius 3 is 2.83 bits per heavy atom. The van der Waals surface area contributed by atoms with E-state index in [4.69, 9.17) is 5.73 Å². The standard InChI is InChI=1S/C13H16N4O/c1-2-10(14)13(18)15-12-8-11(16-17-12)9-6-4-3-5-7-9/h3-8,10H,2,14H2,1H3,(H2,15,16,17,18). The molecule has 1 unspecified atom stereocenters. The Balaban J connectivity index is 2.10. The van der Waals surface area contributed by atoms with E-state index in [1.54, 1.807) is 6.07 Å². The van der Waals surface area contributed by atoms with Crippen LogP contribution in [0.3, 0.4) is 0 Å². The molecule has 5 heteroatoms. The highest BCUT2D eigenvalue weighted by molar-refractivity contribution is 5.94. The van der Waals surface area contributed by atoms with Crippen molar-refractivity contribution in [3.05, 3.63) is 36.4 Å². The van der Waals surface area contributed by atoms with Gasteiger partial charge in [0.25, 0.3) is 0 Å². The molecule has 4 N–H and O–H groups in total. The second kappa shape index (κ2) is 5.46. The molecule has 1 heterocycles. The van der Waals surface area contributed by atoms with Crippen LogP contribution in [0, 0.1) is 0 Å². The number of hydrogen-bond acceptors (Lipinski definition) is 3. The van der Waals surface area contributed by atoms with Crippen LogP contribution in [0.5, 0.6) is 0 Å². The topological polar surface area (TPSA) is 83.8 Å². The van der Waals surface area contributed by atoms with Gasteiger partial charge in [-0.15, -0.1) is 0 Å². The molecule has 0 spiro atoms. The fourth-order valence-electron chi connectivity index (χ4n) is 1.56. The third kappa shape index (κ3) is 2.75. The van der Waals surface area contributed by atoms with E-state index in [1.165, 1.54) is 0 Å². The van der Waals surface area contributed by atoms with Gasteiger partial charge in [-0.3, -0.25) is 9.89 Å². The lowest BCUT2D eigenvalue weighted by Gasteiger charge is -2.06. The van der Waals surface area contributed by atoms with Crippen LogP contribution in [0.15, 0.2) is 36.4 Å². The molecular weight excluding hydrogens is 228 g/mol. The van der Waals surface area contributed by atoms with E-state index in [0.29, 0.717) is 12.2 Å². The molecule has 0 aliphatic heterocycles. The molecule has 0 aliphatic rings. The number of hydrogen-bond donors (Lipinski definition) is 3. The first-order valence-corrected chi connectivity index (χ1v) is 5.88. The summed E-state index contributed by atoms with van der Waals surface area (Å²) in [6.07, 6.45) is 0.599. The SMILES string of the molecule is CCC(N)C(=O)Nc1cc(-c2ccccc2)[nH]n1. The number of rotatable bonds is 4. The summed E-state index contributed by atoms with van der Waals surface area (Å²) in [5.74, 6) is 0.270. The van der Waals surface area contributed by atoms with Crippen LogP contribution in [0.25, 0.3) is 11.3 Å². The molecule has 0 fully saturated rings. The van der Waals surface area contributed by atoms with Gasteiger partial charge in [-0.25, -0.2) is 0 Å². The third-order valence-electron chi connectivity index (χ3n) is 2.69. The summed E-state index contributed by atoms with van der Waals surface area (Å²) in [5, 5.41) is 9.59. The number of amides is 1. The zero-order chi connectivity index (χ0) is 13.0. The predicted octanol–water partition coefficient (Wildman–Crippen LogP) is 1.75. The highest BCUT2D eigenvalue weighted by Gasteiger charge is 2.12. The Morgan fingerprint density at radius 1 is 1.44 bits per heavy atom. The van der Waals surface area contributed by atoms with Crippen molar-refractivity contribution < 1.29 is 4.79 Å². The lowest BCUT2D eigenvalue weighted by molar-refractivity contribution is -0.117. The van der Waals surface area contributed by atoms with Gasteiger partial charge in [-0.05, 0) is 12.0 Å². The number of H-pyrrole nitrogens is 1. The minimum absolute atomic E-state index is 0.219. The summed E-state index contributed by atoms with van der Waals surface area (Å²) in [4.78, 5) is 11.6. The molecule has 0 saturated carbocycles. The summed E-state index contributed by atoms with van der Waals surface area (Å²) in [6, 6.07) is 11.1. The molecule has 0 saturated heterocycles. The van der Waals surface area contributed by atoms with Crippen LogP contribution >= 0.6 is 0 Å². The quantitative estimate of drug-likeness (QED) is 0.766. The number of nitrogens with two attached hydrogens (primary N) is 1. The monoisotopic (exact) mass is 244 g/mol. The number of anilines is 1. The van der Waals surface area contributed by atoms with E-state index in [0.717, 1.165) is 11.3 Å². The molecule has 0 aliphatic carbocycles. The van der Waals surface area contributed by atoms with Crippen LogP contribution in [0.1, 0.15) is 13.3 Å². The zero-order valence-electron chi connectivity index (χ0n) is 10.2. The fraction of sp³-hybridized carbons (Fsp3) is 0.231. The van der Waals surface area contributed by atoms with Crippen molar-refractivity contribution in [2.45, 2.75) is 19.4 Å². The van der Waals surface area contributed by atoms with E-state index in [9.17, 15) is 4.79 Å². The maximum atomic E-state index is 11.6. The van der Waals surface area contributed by atoms with Crippen molar-refractivity contribution in [1.29, 1.82) is 0 Å². The Hall–Kier alpha value is -2.14. The van der Waals surface area contributed by atoms with Crippen molar-refractivity contribution in [2.24, 2.45) is 5.73 Å². The first-order valence-electron chi connectivity index (χ1n) is 5.88. The van der Waals surface area contributed by atoms with E-state index in [1.807, 2.05) is 37.3 Å². The van der Waals surface area contributed by atoms with Gasteiger partial charge in [0.05, 0.1) is 11.7 Å². The van der Waals surface area contributed by atoms with Crippen molar-refractivity contribution in [1.82, 2.24) is 10.2 Å². The number of nitrogens with zero attached hydrogens (tertiary/aromatic N) is 1. The molecule has 1 amide bonds. The van der Waals surface area contributed by atoms with Gasteiger partial charge < -0.3 is 11.1 Å². The van der Waals surface area contributed by atoms with E-state index in [2.05, 4.69) is 15.5 Å². The Morgan fingerprint density at radius 2 is 2.17 bits per heavy atom. The number of benzene rings is 1. The maximum absolute atomic E-state index is 11.6. The van der Waals surface area contributed by atoms with E-state index >= 15 is 0 Å². The lowest BCUT2D eigenvalue weighted by Crippen LogP contribution is -2.34. The van der Waals surface area contributed by atoms with E-state index < -0.39 is 6.04 Å². The normalized spacial score (nSPS) is 12.1. The van der Waals surface area contributed by atoms with Gasteiger partial charge in [-0.2, -0.15) is 5.10 Å². The first-order chi connectivity index (χ1) is 8.70. The molecule has 0 bridgehead atoms. The highest BCUT2D eigenvalue weighted by Crippen LogP contribution is 2.18. The Labute approximate surface area is 105 Å². The second-order valence-electron chi connectivity index (χ2n) is 4.04. The minimum Gasteiger partial charge on any atom is -0.320 e. The van der Waals surface area contributed by atoms with Crippen LogP contribution in [0.4, 0.5) is 5.82 Å². The lowest BCUT2D eigenvalue weighted by atomic mass is 10.1. The molecule has 94 valence electrons. The van der Waals surface area contributed by atoms with Gasteiger partial charge >= 0.3 is 0 Å². The van der Waals surface area contributed by atoms with Crippen molar-refractivity contribution in [2.75, 3.05) is 5.32 Å². The van der Waals surface area contributed by atoms with Gasteiger partial charge in [-0.1, -0.05) is 37.3 Å². The largest absolute Gasteiger partial charge is 0.320 e. The number of aromatic nitrogens is 2. The van der Waals surface area contributed by atoms with Gasteiger partial charge in [0.15, 0.2) is 5.82 Å². The van der Waals surface area contributed by atoms with Crippen molar-refractivity contribution >= 4 is 11.7 Å². The average molecular weight is 244 g/mol. The molecule has 1 aromatic heterocycles. The van der Waals surface area contributed by atoms with Crippen LogP contribution in [0.2, 0.25) is 0 Å². The predicted molar refractivity (Wildman–Crippen MR) is 70.9 cm³/mol. The fourth-order valence-corrected chi connectivity index (χ4v) is 1.56. The van der Waals surface area contributed by atoms with Crippen molar-refractivity contribution in [3.8, 4) is 11.3 Å². The number of carbonyl (C=O) groups is 1.